The summed E-state index contributed by atoms with van der Waals surface area (Å²) >= 11 is 0. The number of aliphatic hydroxyl groups is 1. The molecule has 2 fully saturated rings. The zero-order chi connectivity index (χ0) is 23.5. The highest BCUT2D eigenvalue weighted by atomic mass is 16.7. The van der Waals surface area contributed by atoms with Crippen LogP contribution in [0.4, 0.5) is 0 Å². The van der Waals surface area contributed by atoms with E-state index in [9.17, 15) is 33.9 Å². The Labute approximate surface area is 176 Å². The fraction of sp³-hybridized carbons (Fsp3) is 0.667. The van der Waals surface area contributed by atoms with Gasteiger partial charge < -0.3 is 28.8 Å². The topological polar surface area (TPSA) is 172 Å². The van der Waals surface area contributed by atoms with Crippen LogP contribution in [0.3, 0.4) is 0 Å². The van der Waals surface area contributed by atoms with Crippen molar-refractivity contribution in [2.45, 2.75) is 70.9 Å². The number of imide groups is 1. The van der Waals surface area contributed by atoms with Crippen molar-refractivity contribution >= 4 is 35.7 Å². The SMILES string of the molecule is CC(=O)OC[C@H]1OC(N2C(=O)C[C@H](O)C2=O)[C@H](OC(C)=O)[C@@H](OC(C)=O)[C@@H]1OC(C)=O. The number of likely N-dealkylation sites (tertiary alicyclic amines) is 1. The van der Waals surface area contributed by atoms with E-state index in [1.54, 1.807) is 0 Å². The molecule has 13 nitrogen and oxygen atoms in total. The maximum Gasteiger partial charge on any atom is 0.303 e. The predicted octanol–water partition coefficient (Wildman–Crippen LogP) is -1.81. The third kappa shape index (κ3) is 5.76. The third-order valence-electron chi connectivity index (χ3n) is 4.38. The van der Waals surface area contributed by atoms with E-state index < -0.39 is 85.5 Å². The quantitative estimate of drug-likeness (QED) is 0.276. The molecular formula is C18H23NO12. The van der Waals surface area contributed by atoms with E-state index in [4.69, 9.17) is 23.7 Å². The zero-order valence-corrected chi connectivity index (χ0v) is 17.3. The minimum atomic E-state index is -1.65. The van der Waals surface area contributed by atoms with E-state index in [0.29, 0.717) is 4.90 Å². The number of carbonyl (C=O) groups excluding carboxylic acids is 6. The van der Waals surface area contributed by atoms with Gasteiger partial charge in [0.05, 0.1) is 6.42 Å². The Morgan fingerprint density at radius 2 is 1.42 bits per heavy atom. The van der Waals surface area contributed by atoms with Crippen LogP contribution in [-0.4, -0.2) is 89.1 Å². The average Bonchev–Trinajstić information content (AvgIpc) is 2.88. The Morgan fingerprint density at radius 3 is 1.87 bits per heavy atom. The van der Waals surface area contributed by atoms with E-state index in [1.165, 1.54) is 0 Å². The van der Waals surface area contributed by atoms with Crippen LogP contribution in [0.1, 0.15) is 34.1 Å². The molecule has 2 heterocycles. The van der Waals surface area contributed by atoms with Crippen molar-refractivity contribution in [2.75, 3.05) is 6.61 Å². The molecule has 0 bridgehead atoms. The highest BCUT2D eigenvalue weighted by Crippen LogP contribution is 2.33. The molecule has 0 aromatic rings. The van der Waals surface area contributed by atoms with Gasteiger partial charge in [0.15, 0.2) is 24.5 Å². The number of hydrogen-bond donors (Lipinski definition) is 1. The smallest absolute Gasteiger partial charge is 0.303 e. The largest absolute Gasteiger partial charge is 0.463 e. The number of nitrogens with zero attached hydrogens (tertiary/aromatic N) is 1. The summed E-state index contributed by atoms with van der Waals surface area (Å²) in [5.74, 6) is -5.12. The third-order valence-corrected chi connectivity index (χ3v) is 4.38. The Morgan fingerprint density at radius 1 is 0.903 bits per heavy atom. The molecule has 0 spiro atoms. The molecule has 2 rings (SSSR count). The van der Waals surface area contributed by atoms with Gasteiger partial charge in [-0.3, -0.25) is 28.8 Å². The summed E-state index contributed by atoms with van der Waals surface area (Å²) in [4.78, 5) is 71.6. The lowest BCUT2D eigenvalue weighted by Gasteiger charge is -2.46. The van der Waals surface area contributed by atoms with Crippen LogP contribution in [0.2, 0.25) is 0 Å². The fourth-order valence-electron chi connectivity index (χ4n) is 3.32. The van der Waals surface area contributed by atoms with Crippen LogP contribution in [0.5, 0.6) is 0 Å². The van der Waals surface area contributed by atoms with Crippen LogP contribution < -0.4 is 0 Å². The molecule has 2 aliphatic rings. The van der Waals surface area contributed by atoms with Gasteiger partial charge in [-0.15, -0.1) is 0 Å². The van der Waals surface area contributed by atoms with Gasteiger partial charge in [0.2, 0.25) is 5.91 Å². The predicted molar refractivity (Wildman–Crippen MR) is 94.4 cm³/mol. The molecule has 1 unspecified atom stereocenters. The number of carbonyl (C=O) groups is 6. The van der Waals surface area contributed by atoms with Crippen LogP contribution >= 0.6 is 0 Å². The molecule has 31 heavy (non-hydrogen) atoms. The second-order valence-corrected chi connectivity index (χ2v) is 6.91. The molecule has 0 aliphatic carbocycles. The van der Waals surface area contributed by atoms with Gasteiger partial charge in [-0.25, -0.2) is 4.90 Å². The molecule has 13 heteroatoms. The first-order chi connectivity index (χ1) is 14.4. The number of hydrogen-bond acceptors (Lipinski definition) is 12. The Bertz CT molecular complexity index is 780. The second-order valence-electron chi connectivity index (χ2n) is 6.91. The van der Waals surface area contributed by atoms with Crippen molar-refractivity contribution in [1.29, 1.82) is 0 Å². The van der Waals surface area contributed by atoms with Gasteiger partial charge >= 0.3 is 23.9 Å². The van der Waals surface area contributed by atoms with Crippen molar-refractivity contribution < 1.29 is 57.6 Å². The van der Waals surface area contributed by atoms with Gasteiger partial charge in [-0.2, -0.15) is 0 Å². The summed E-state index contributed by atoms with van der Waals surface area (Å²) in [5, 5.41) is 9.76. The van der Waals surface area contributed by atoms with Crippen molar-refractivity contribution in [3.05, 3.63) is 0 Å². The lowest BCUT2D eigenvalue weighted by Crippen LogP contribution is -2.67. The van der Waals surface area contributed by atoms with Crippen molar-refractivity contribution in [3.63, 3.8) is 0 Å². The van der Waals surface area contributed by atoms with Crippen molar-refractivity contribution in [1.82, 2.24) is 4.90 Å². The number of rotatable bonds is 6. The summed E-state index contributed by atoms with van der Waals surface area (Å²) in [5.41, 5.74) is 0. The van der Waals surface area contributed by atoms with E-state index in [2.05, 4.69) is 0 Å². The minimum absolute atomic E-state index is 0.507. The minimum Gasteiger partial charge on any atom is -0.463 e. The summed E-state index contributed by atoms with van der Waals surface area (Å²) in [7, 11) is 0. The fourth-order valence-corrected chi connectivity index (χ4v) is 3.32. The highest BCUT2D eigenvalue weighted by molar-refractivity contribution is 6.05. The van der Waals surface area contributed by atoms with Crippen LogP contribution in [-0.2, 0) is 52.5 Å². The Hall–Kier alpha value is -3.06. The molecule has 2 saturated heterocycles. The first-order valence-corrected chi connectivity index (χ1v) is 9.26. The molecule has 2 aliphatic heterocycles. The van der Waals surface area contributed by atoms with E-state index in [1.807, 2.05) is 0 Å². The Kier molecular flexibility index (Phi) is 7.68. The lowest BCUT2D eigenvalue weighted by atomic mass is 9.96. The monoisotopic (exact) mass is 445 g/mol. The van der Waals surface area contributed by atoms with E-state index in [-0.39, 0.29) is 0 Å². The molecule has 2 amide bonds. The molecule has 0 radical (unpaired) electrons. The van der Waals surface area contributed by atoms with Crippen molar-refractivity contribution in [3.8, 4) is 0 Å². The summed E-state index contributed by atoms with van der Waals surface area (Å²) in [6.07, 6.45) is -9.69. The molecule has 172 valence electrons. The molecular weight excluding hydrogens is 422 g/mol. The van der Waals surface area contributed by atoms with E-state index >= 15 is 0 Å². The zero-order valence-electron chi connectivity index (χ0n) is 17.3. The highest BCUT2D eigenvalue weighted by Gasteiger charge is 2.57. The standard InChI is InChI=1S/C18H23NO12/c1-7(20)27-6-12-14(28-8(2)21)15(29-9(3)22)16(30-10(4)23)18(31-12)19-13(25)5-11(24)17(19)26/h11-12,14-16,18,24H,5-6H2,1-4H3/t11-,12+,14+,15-,16+,18?/m0/s1. The summed E-state index contributed by atoms with van der Waals surface area (Å²) < 4.78 is 26.2. The first-order valence-electron chi connectivity index (χ1n) is 9.26. The van der Waals surface area contributed by atoms with Gasteiger partial charge in [0.25, 0.3) is 5.91 Å². The molecule has 0 aromatic heterocycles. The van der Waals surface area contributed by atoms with E-state index in [0.717, 1.165) is 27.7 Å². The number of aliphatic hydroxyl groups excluding tert-OH is 1. The van der Waals surface area contributed by atoms with Gasteiger partial charge in [-0.1, -0.05) is 0 Å². The molecule has 6 atom stereocenters. The number of amides is 2. The summed E-state index contributed by atoms with van der Waals surface area (Å²) in [6, 6.07) is 0. The number of ether oxygens (including phenoxy) is 5. The maximum absolute atomic E-state index is 12.4. The molecule has 1 N–H and O–H groups in total. The van der Waals surface area contributed by atoms with Crippen LogP contribution in [0, 0.1) is 0 Å². The maximum atomic E-state index is 12.4. The first kappa shape index (κ1) is 24.2. The van der Waals surface area contributed by atoms with Crippen LogP contribution in [0.25, 0.3) is 0 Å². The second kappa shape index (κ2) is 9.83. The normalized spacial score (nSPS) is 30.5. The number of esters is 4. The van der Waals surface area contributed by atoms with Gasteiger partial charge in [-0.05, 0) is 0 Å². The Balaban J connectivity index is 2.53. The average molecular weight is 445 g/mol. The van der Waals surface area contributed by atoms with Crippen molar-refractivity contribution in [2.24, 2.45) is 0 Å². The van der Waals surface area contributed by atoms with Gasteiger partial charge in [0, 0.05) is 27.7 Å². The molecule has 0 saturated carbocycles. The summed E-state index contributed by atoms with van der Waals surface area (Å²) in [6.45, 7) is 3.72. The lowest BCUT2D eigenvalue weighted by molar-refractivity contribution is -0.272. The van der Waals surface area contributed by atoms with Crippen LogP contribution in [0.15, 0.2) is 0 Å². The molecule has 0 aromatic carbocycles. The van der Waals surface area contributed by atoms with Gasteiger partial charge in [0.1, 0.15) is 18.8 Å².